The van der Waals surface area contributed by atoms with Gasteiger partial charge in [0.1, 0.15) is 12.3 Å². The van der Waals surface area contributed by atoms with Gasteiger partial charge < -0.3 is 14.8 Å². The summed E-state index contributed by atoms with van der Waals surface area (Å²) < 4.78 is 11.3. The summed E-state index contributed by atoms with van der Waals surface area (Å²) in [6.45, 7) is 3.28. The van der Waals surface area contributed by atoms with Crippen LogP contribution >= 0.6 is 0 Å². The number of rotatable bonds is 7. The van der Waals surface area contributed by atoms with Crippen molar-refractivity contribution in [1.82, 2.24) is 9.78 Å². The zero-order valence-corrected chi connectivity index (χ0v) is 16.5. The van der Waals surface area contributed by atoms with E-state index in [4.69, 9.17) is 9.47 Å². The highest BCUT2D eigenvalue weighted by atomic mass is 16.5. The van der Waals surface area contributed by atoms with Crippen LogP contribution in [-0.2, 0) is 20.9 Å². The third-order valence-electron chi connectivity index (χ3n) is 4.28. The number of H-pyrrole nitrogens is 1. The maximum absolute atomic E-state index is 12.4. The second-order valence-corrected chi connectivity index (χ2v) is 6.46. The molecular weight excluding hydrogens is 390 g/mol. The minimum absolute atomic E-state index is 0.190. The first-order valence-electron chi connectivity index (χ1n) is 9.34. The number of esters is 1. The van der Waals surface area contributed by atoms with Crippen LogP contribution in [0, 0.1) is 0 Å². The zero-order valence-electron chi connectivity index (χ0n) is 16.5. The Labute approximate surface area is 171 Å². The van der Waals surface area contributed by atoms with Gasteiger partial charge in [0.05, 0.1) is 17.4 Å². The molecule has 0 aliphatic rings. The topological polar surface area (TPSA) is 119 Å². The molecule has 0 aliphatic heterocycles. The number of amides is 1. The maximum atomic E-state index is 12.4. The van der Waals surface area contributed by atoms with Gasteiger partial charge in [-0.1, -0.05) is 12.1 Å². The van der Waals surface area contributed by atoms with E-state index in [1.165, 1.54) is 19.1 Å². The molecule has 0 spiro atoms. The minimum Gasteiger partial charge on any atom is -0.494 e. The summed E-state index contributed by atoms with van der Waals surface area (Å²) in [5.74, 6) is -0.700. The van der Waals surface area contributed by atoms with Gasteiger partial charge in [0.15, 0.2) is 6.10 Å². The quantitative estimate of drug-likeness (QED) is 0.571. The summed E-state index contributed by atoms with van der Waals surface area (Å²) in [6.07, 6.45) is -1.10. The first-order valence-corrected chi connectivity index (χ1v) is 9.34. The highest BCUT2D eigenvalue weighted by molar-refractivity contribution is 5.95. The number of ether oxygens (including phenoxy) is 2. The summed E-state index contributed by atoms with van der Waals surface area (Å²) in [6, 6.07) is 13.0. The molecule has 3 rings (SSSR count). The molecule has 1 atom stereocenters. The summed E-state index contributed by atoms with van der Waals surface area (Å²) in [4.78, 5) is 49.0. The summed E-state index contributed by atoms with van der Waals surface area (Å²) in [5.41, 5.74) is -0.519. The van der Waals surface area contributed by atoms with Crippen molar-refractivity contribution in [3.05, 3.63) is 69.2 Å². The number of hydrogen-bond donors (Lipinski definition) is 2. The molecule has 1 aromatic heterocycles. The van der Waals surface area contributed by atoms with Crippen LogP contribution in [0.4, 0.5) is 5.69 Å². The van der Waals surface area contributed by atoms with Gasteiger partial charge in [-0.2, -0.15) is 0 Å². The number of carbonyl (C=O) groups excluding carboxylic acids is 2. The molecule has 0 aliphatic carbocycles. The van der Waals surface area contributed by atoms with Crippen molar-refractivity contribution in [2.45, 2.75) is 26.5 Å². The van der Waals surface area contributed by atoms with E-state index in [0.29, 0.717) is 18.0 Å². The summed E-state index contributed by atoms with van der Waals surface area (Å²) in [7, 11) is 0. The van der Waals surface area contributed by atoms with Crippen LogP contribution in [0.15, 0.2) is 58.1 Å². The predicted molar refractivity (Wildman–Crippen MR) is 111 cm³/mol. The van der Waals surface area contributed by atoms with Crippen molar-refractivity contribution in [2.24, 2.45) is 0 Å². The number of aromatic nitrogens is 2. The van der Waals surface area contributed by atoms with Gasteiger partial charge in [-0.3, -0.25) is 24.3 Å². The molecule has 1 amide bonds. The first-order chi connectivity index (χ1) is 14.4. The van der Waals surface area contributed by atoms with Gasteiger partial charge in [-0.25, -0.2) is 4.68 Å². The van der Waals surface area contributed by atoms with E-state index in [9.17, 15) is 19.2 Å². The van der Waals surface area contributed by atoms with Gasteiger partial charge >= 0.3 is 5.97 Å². The summed E-state index contributed by atoms with van der Waals surface area (Å²) in [5, 5.41) is 5.39. The van der Waals surface area contributed by atoms with Crippen LogP contribution in [0.5, 0.6) is 5.75 Å². The lowest BCUT2D eigenvalue weighted by atomic mass is 10.2. The molecule has 156 valence electrons. The van der Waals surface area contributed by atoms with E-state index in [1.807, 2.05) is 6.92 Å². The molecule has 9 nitrogen and oxygen atoms in total. The second-order valence-electron chi connectivity index (χ2n) is 6.46. The molecule has 0 saturated carbocycles. The van der Waals surface area contributed by atoms with E-state index in [2.05, 4.69) is 10.4 Å². The van der Waals surface area contributed by atoms with Crippen molar-refractivity contribution < 1.29 is 19.1 Å². The monoisotopic (exact) mass is 411 g/mol. The van der Waals surface area contributed by atoms with Crippen LogP contribution in [0.2, 0.25) is 0 Å². The fourth-order valence-electron chi connectivity index (χ4n) is 2.82. The number of aromatic amines is 1. The average molecular weight is 411 g/mol. The SMILES string of the molecule is CCOc1ccc(NC(=O)C(C)OC(=O)Cn2[nH]c(=O)c3ccccc3c2=O)cc1. The van der Waals surface area contributed by atoms with Crippen molar-refractivity contribution in [3.63, 3.8) is 0 Å². The fourth-order valence-corrected chi connectivity index (χ4v) is 2.82. The van der Waals surface area contributed by atoms with Crippen molar-refractivity contribution in [3.8, 4) is 5.75 Å². The Morgan fingerprint density at radius 2 is 1.73 bits per heavy atom. The number of benzene rings is 2. The minimum atomic E-state index is -1.10. The Hall–Kier alpha value is -3.88. The third-order valence-corrected chi connectivity index (χ3v) is 4.28. The average Bonchev–Trinajstić information content (AvgIpc) is 2.73. The highest BCUT2D eigenvalue weighted by Gasteiger charge is 2.19. The largest absolute Gasteiger partial charge is 0.494 e. The number of hydrogen-bond acceptors (Lipinski definition) is 6. The van der Waals surface area contributed by atoms with Gasteiger partial charge in [0.25, 0.3) is 17.0 Å². The second kappa shape index (κ2) is 9.08. The molecule has 30 heavy (non-hydrogen) atoms. The molecular formula is C21H21N3O6. The van der Waals surface area contributed by atoms with Gasteiger partial charge in [0, 0.05) is 5.69 Å². The van der Waals surface area contributed by atoms with Crippen LogP contribution in [-0.4, -0.2) is 34.4 Å². The molecule has 9 heteroatoms. The molecule has 0 saturated heterocycles. The van der Waals surface area contributed by atoms with E-state index in [-0.39, 0.29) is 10.8 Å². The Morgan fingerprint density at radius 1 is 1.07 bits per heavy atom. The Bertz CT molecular complexity index is 1180. The molecule has 3 aromatic rings. The smallest absolute Gasteiger partial charge is 0.328 e. The molecule has 1 unspecified atom stereocenters. The lowest BCUT2D eigenvalue weighted by Gasteiger charge is -2.14. The number of anilines is 1. The highest BCUT2D eigenvalue weighted by Crippen LogP contribution is 2.16. The molecule has 0 bridgehead atoms. The molecule has 0 radical (unpaired) electrons. The predicted octanol–water partition coefficient (Wildman–Crippen LogP) is 1.66. The van der Waals surface area contributed by atoms with Crippen LogP contribution in [0.25, 0.3) is 10.8 Å². The summed E-state index contributed by atoms with van der Waals surface area (Å²) >= 11 is 0. The van der Waals surface area contributed by atoms with Crippen molar-refractivity contribution in [1.29, 1.82) is 0 Å². The Kier molecular flexibility index (Phi) is 6.31. The number of nitrogens with one attached hydrogen (secondary N) is 2. The van der Waals surface area contributed by atoms with E-state index >= 15 is 0 Å². The van der Waals surface area contributed by atoms with Crippen molar-refractivity contribution >= 4 is 28.3 Å². The lowest BCUT2D eigenvalue weighted by molar-refractivity contribution is -0.154. The number of carbonyl (C=O) groups is 2. The van der Waals surface area contributed by atoms with Gasteiger partial charge in [-0.05, 0) is 50.2 Å². The Morgan fingerprint density at radius 3 is 2.40 bits per heavy atom. The molecule has 2 N–H and O–H groups in total. The van der Waals surface area contributed by atoms with E-state index in [0.717, 1.165) is 4.68 Å². The van der Waals surface area contributed by atoms with Crippen LogP contribution in [0.1, 0.15) is 13.8 Å². The molecule has 2 aromatic carbocycles. The maximum Gasteiger partial charge on any atom is 0.328 e. The third kappa shape index (κ3) is 4.75. The number of fused-ring (bicyclic) bond motifs is 1. The lowest BCUT2D eigenvalue weighted by Crippen LogP contribution is -2.35. The normalized spacial score (nSPS) is 11.7. The number of nitrogens with zero attached hydrogens (tertiary/aromatic N) is 1. The first kappa shape index (κ1) is 20.8. The van der Waals surface area contributed by atoms with E-state index < -0.39 is 35.6 Å². The Balaban J connectivity index is 1.63. The van der Waals surface area contributed by atoms with Gasteiger partial charge in [0.2, 0.25) is 0 Å². The zero-order chi connectivity index (χ0) is 21.7. The van der Waals surface area contributed by atoms with Crippen molar-refractivity contribution in [2.75, 3.05) is 11.9 Å². The molecule has 0 fully saturated rings. The molecule has 1 heterocycles. The standard InChI is InChI=1S/C21H21N3O6/c1-3-29-15-10-8-14(9-11-15)22-19(26)13(2)30-18(25)12-24-21(28)17-7-5-4-6-16(17)20(27)23-24/h4-11,13H,3,12H2,1-2H3,(H,22,26)(H,23,27). The van der Waals surface area contributed by atoms with E-state index in [1.54, 1.807) is 36.4 Å². The van der Waals surface area contributed by atoms with Crippen LogP contribution < -0.4 is 21.2 Å². The van der Waals surface area contributed by atoms with Crippen LogP contribution in [0.3, 0.4) is 0 Å². The fraction of sp³-hybridized carbons (Fsp3) is 0.238. The van der Waals surface area contributed by atoms with Gasteiger partial charge in [-0.15, -0.1) is 0 Å².